The molecule has 0 radical (unpaired) electrons. The normalized spacial score (nSPS) is 11.9. The highest BCUT2D eigenvalue weighted by molar-refractivity contribution is 7.92. The number of halogens is 2. The Hall–Kier alpha value is -3.47. The predicted octanol–water partition coefficient (Wildman–Crippen LogP) is 4.99. The van der Waals surface area contributed by atoms with Gasteiger partial charge in [-0.1, -0.05) is 35.3 Å². The van der Waals surface area contributed by atoms with Gasteiger partial charge in [-0.25, -0.2) is 8.42 Å². The molecule has 1 N–H and O–H groups in total. The molecule has 0 saturated carbocycles. The SMILES string of the molecule is CNC(=O)[C@@H](C)N(Cc1ccc(Cl)cc1Cl)C(=O)CN(c1cc(C)cc(C)c1)S(=O)(=O)c1ccc(OC)c(OC)c1. The maximum Gasteiger partial charge on any atom is 0.264 e. The van der Waals surface area contributed by atoms with Crippen LogP contribution in [0.25, 0.3) is 0 Å². The molecule has 12 heteroatoms. The lowest BCUT2D eigenvalue weighted by atomic mass is 10.1. The number of rotatable bonds is 11. The molecule has 0 aliphatic rings. The van der Waals surface area contributed by atoms with Gasteiger partial charge in [0.05, 0.1) is 24.8 Å². The number of nitrogens with one attached hydrogen (secondary N) is 1. The minimum absolute atomic E-state index is 0.0550. The van der Waals surface area contributed by atoms with E-state index in [1.807, 2.05) is 19.9 Å². The van der Waals surface area contributed by atoms with Crippen molar-refractivity contribution < 1.29 is 27.5 Å². The topological polar surface area (TPSA) is 105 Å². The first-order valence-corrected chi connectivity index (χ1v) is 14.8. The van der Waals surface area contributed by atoms with Crippen molar-refractivity contribution >= 4 is 50.7 Å². The molecule has 0 saturated heterocycles. The maximum atomic E-state index is 14.1. The number of ether oxygens (including phenoxy) is 2. The Morgan fingerprint density at radius 3 is 2.12 bits per heavy atom. The molecule has 3 rings (SSSR count). The molecule has 0 aliphatic carbocycles. The van der Waals surface area contributed by atoms with Crippen molar-refractivity contribution in [2.75, 3.05) is 32.1 Å². The minimum atomic E-state index is -4.31. The Bertz CT molecular complexity index is 1530. The fraction of sp³-hybridized carbons (Fsp3) is 0.310. The number of sulfonamides is 1. The standard InChI is InChI=1S/C29H33Cl2N3O6S/c1-18-11-19(2)13-23(12-18)34(41(37,38)24-9-10-26(39-5)27(15-24)40-6)17-28(35)33(20(3)29(36)32-4)16-21-7-8-22(30)14-25(21)31/h7-15,20H,16-17H2,1-6H3,(H,32,36)/t20-/m1/s1. The van der Waals surface area contributed by atoms with Gasteiger partial charge in [-0.2, -0.15) is 0 Å². The van der Waals surface area contributed by atoms with Gasteiger partial charge >= 0.3 is 0 Å². The molecule has 0 fully saturated rings. The molecule has 0 bridgehead atoms. The fourth-order valence-corrected chi connectivity index (χ4v) is 6.23. The van der Waals surface area contributed by atoms with E-state index in [1.54, 1.807) is 31.2 Å². The van der Waals surface area contributed by atoms with Gasteiger partial charge in [0.15, 0.2) is 11.5 Å². The molecule has 0 spiro atoms. The molecule has 3 aromatic carbocycles. The van der Waals surface area contributed by atoms with Gasteiger partial charge in [0.2, 0.25) is 11.8 Å². The number of hydrogen-bond donors (Lipinski definition) is 1. The van der Waals surface area contributed by atoms with Crippen LogP contribution in [0.2, 0.25) is 10.0 Å². The van der Waals surface area contributed by atoms with Crippen molar-refractivity contribution in [1.82, 2.24) is 10.2 Å². The number of likely N-dealkylation sites (N-methyl/N-ethyl adjacent to an activating group) is 1. The van der Waals surface area contributed by atoms with Crippen LogP contribution in [0.1, 0.15) is 23.6 Å². The molecular formula is C29H33Cl2N3O6S. The number of hydrogen-bond acceptors (Lipinski definition) is 6. The zero-order valence-electron chi connectivity index (χ0n) is 23.7. The summed E-state index contributed by atoms with van der Waals surface area (Å²) in [7, 11) is 0.000985. The lowest BCUT2D eigenvalue weighted by Crippen LogP contribution is -2.50. The summed E-state index contributed by atoms with van der Waals surface area (Å²) in [6.07, 6.45) is 0. The molecule has 0 aliphatic heterocycles. The van der Waals surface area contributed by atoms with Crippen LogP contribution in [0.15, 0.2) is 59.5 Å². The van der Waals surface area contributed by atoms with Gasteiger partial charge in [0.25, 0.3) is 10.0 Å². The highest BCUT2D eigenvalue weighted by atomic mass is 35.5. The highest BCUT2D eigenvalue weighted by Gasteiger charge is 2.33. The van der Waals surface area contributed by atoms with E-state index in [2.05, 4.69) is 5.32 Å². The Balaban J connectivity index is 2.13. The summed E-state index contributed by atoms with van der Waals surface area (Å²) in [5.41, 5.74) is 2.45. The van der Waals surface area contributed by atoms with Crippen LogP contribution >= 0.6 is 23.2 Å². The number of carbonyl (C=O) groups is 2. The average Bonchev–Trinajstić information content (AvgIpc) is 2.93. The molecule has 1 atom stereocenters. The van der Waals surface area contributed by atoms with Crippen molar-refractivity contribution in [3.63, 3.8) is 0 Å². The lowest BCUT2D eigenvalue weighted by Gasteiger charge is -2.32. The summed E-state index contributed by atoms with van der Waals surface area (Å²) >= 11 is 12.4. The second-order valence-electron chi connectivity index (χ2n) is 9.42. The van der Waals surface area contributed by atoms with E-state index in [4.69, 9.17) is 32.7 Å². The van der Waals surface area contributed by atoms with Crippen molar-refractivity contribution in [2.45, 2.75) is 38.3 Å². The Labute approximate surface area is 251 Å². The molecule has 3 aromatic rings. The number of methoxy groups -OCH3 is 2. The van der Waals surface area contributed by atoms with Crippen LogP contribution in [-0.4, -0.2) is 59.0 Å². The van der Waals surface area contributed by atoms with Crippen molar-refractivity contribution in [1.29, 1.82) is 0 Å². The van der Waals surface area contributed by atoms with E-state index in [0.717, 1.165) is 15.4 Å². The van der Waals surface area contributed by atoms with Gasteiger partial charge in [-0.3, -0.25) is 13.9 Å². The predicted molar refractivity (Wildman–Crippen MR) is 161 cm³/mol. The van der Waals surface area contributed by atoms with Crippen LogP contribution in [0.4, 0.5) is 5.69 Å². The summed E-state index contributed by atoms with van der Waals surface area (Å²) in [6, 6.07) is 13.3. The summed E-state index contributed by atoms with van der Waals surface area (Å²) < 4.78 is 39.9. The number of anilines is 1. The largest absolute Gasteiger partial charge is 0.493 e. The smallest absolute Gasteiger partial charge is 0.264 e. The van der Waals surface area contributed by atoms with Crippen LogP contribution in [0, 0.1) is 13.8 Å². The quantitative estimate of drug-likeness (QED) is 0.323. The first-order chi connectivity index (χ1) is 19.3. The van der Waals surface area contributed by atoms with Crippen LogP contribution < -0.4 is 19.1 Å². The second-order valence-corrected chi connectivity index (χ2v) is 12.1. The highest BCUT2D eigenvalue weighted by Crippen LogP contribution is 2.33. The van der Waals surface area contributed by atoms with Gasteiger partial charge < -0.3 is 19.7 Å². The molecule has 220 valence electrons. The maximum absolute atomic E-state index is 14.1. The van der Waals surface area contributed by atoms with Crippen LogP contribution in [0.3, 0.4) is 0 Å². The Morgan fingerprint density at radius 1 is 0.927 bits per heavy atom. The third-order valence-corrected chi connectivity index (χ3v) is 8.84. The van der Waals surface area contributed by atoms with Crippen LogP contribution in [-0.2, 0) is 26.2 Å². The number of amides is 2. The molecule has 0 heterocycles. The molecule has 0 aromatic heterocycles. The van der Waals surface area contributed by atoms with E-state index in [-0.39, 0.29) is 17.2 Å². The summed E-state index contributed by atoms with van der Waals surface area (Å²) in [6.45, 7) is 4.58. The van der Waals surface area contributed by atoms with Crippen molar-refractivity contribution in [3.8, 4) is 11.5 Å². The van der Waals surface area contributed by atoms with Crippen molar-refractivity contribution in [3.05, 3.63) is 81.3 Å². The van der Waals surface area contributed by atoms with E-state index < -0.39 is 34.4 Å². The number of aryl methyl sites for hydroxylation is 2. The average molecular weight is 623 g/mol. The molecular weight excluding hydrogens is 589 g/mol. The van der Waals surface area contributed by atoms with E-state index >= 15 is 0 Å². The van der Waals surface area contributed by atoms with Crippen molar-refractivity contribution in [2.24, 2.45) is 0 Å². The summed E-state index contributed by atoms with van der Waals surface area (Å²) in [5, 5.41) is 3.27. The first kappa shape index (κ1) is 32.0. The molecule has 0 unspecified atom stereocenters. The van der Waals surface area contributed by atoms with Crippen LogP contribution in [0.5, 0.6) is 11.5 Å². The van der Waals surface area contributed by atoms with E-state index in [0.29, 0.717) is 27.0 Å². The number of carbonyl (C=O) groups excluding carboxylic acids is 2. The lowest BCUT2D eigenvalue weighted by molar-refractivity contribution is -0.139. The third-order valence-electron chi connectivity index (χ3n) is 6.49. The zero-order chi connectivity index (χ0) is 30.5. The summed E-state index contributed by atoms with van der Waals surface area (Å²) in [4.78, 5) is 27.8. The van der Waals surface area contributed by atoms with Gasteiger partial charge in [-0.15, -0.1) is 0 Å². The Morgan fingerprint density at radius 2 is 1.56 bits per heavy atom. The molecule has 9 nitrogen and oxygen atoms in total. The molecule has 41 heavy (non-hydrogen) atoms. The third kappa shape index (κ3) is 7.44. The molecule has 2 amide bonds. The second kappa shape index (κ2) is 13.5. The number of nitrogens with zero attached hydrogens (tertiary/aromatic N) is 2. The zero-order valence-corrected chi connectivity index (χ0v) is 26.0. The number of benzene rings is 3. The summed E-state index contributed by atoms with van der Waals surface area (Å²) in [5.74, 6) is -0.474. The van der Waals surface area contributed by atoms with Gasteiger partial charge in [0.1, 0.15) is 12.6 Å². The van der Waals surface area contributed by atoms with Gasteiger partial charge in [-0.05, 0) is 73.9 Å². The first-order valence-electron chi connectivity index (χ1n) is 12.6. The van der Waals surface area contributed by atoms with E-state index in [1.165, 1.54) is 50.4 Å². The van der Waals surface area contributed by atoms with E-state index in [9.17, 15) is 18.0 Å². The Kier molecular flexibility index (Phi) is 10.5. The monoisotopic (exact) mass is 621 g/mol. The van der Waals surface area contributed by atoms with Gasteiger partial charge in [0, 0.05) is 29.7 Å². The fourth-order valence-electron chi connectivity index (χ4n) is 4.35. The minimum Gasteiger partial charge on any atom is -0.493 e.